The lowest BCUT2D eigenvalue weighted by Gasteiger charge is -2.07. The van der Waals surface area contributed by atoms with E-state index in [1.807, 2.05) is 13.8 Å². The highest BCUT2D eigenvalue weighted by atomic mass is 15.0. The van der Waals surface area contributed by atoms with E-state index in [0.29, 0.717) is 5.82 Å². The predicted molar refractivity (Wildman–Crippen MR) is 49.6 cm³/mol. The molecule has 0 spiro atoms. The van der Waals surface area contributed by atoms with Crippen LogP contribution >= 0.6 is 0 Å². The van der Waals surface area contributed by atoms with E-state index in [1.54, 1.807) is 0 Å². The lowest BCUT2D eigenvalue weighted by molar-refractivity contribution is 0.945. The van der Waals surface area contributed by atoms with Gasteiger partial charge in [-0.05, 0) is 12.8 Å². The van der Waals surface area contributed by atoms with Crippen molar-refractivity contribution in [1.29, 1.82) is 0 Å². The molecule has 0 bridgehead atoms. The molecular weight excluding hydrogens is 152 g/mol. The molecule has 12 heavy (non-hydrogen) atoms. The van der Waals surface area contributed by atoms with Crippen LogP contribution in [0.15, 0.2) is 0 Å². The molecular formula is C8H14N4. The Labute approximate surface area is 72.0 Å². The smallest absolute Gasteiger partial charge is 0.222 e. The maximum Gasteiger partial charge on any atom is 0.222 e. The molecule has 1 heterocycles. The van der Waals surface area contributed by atoms with E-state index >= 15 is 0 Å². The van der Waals surface area contributed by atoms with E-state index in [4.69, 9.17) is 11.5 Å². The van der Waals surface area contributed by atoms with Crippen molar-refractivity contribution >= 4 is 11.8 Å². The van der Waals surface area contributed by atoms with E-state index in [0.717, 1.165) is 24.1 Å². The molecule has 1 aromatic heterocycles. The first kappa shape index (κ1) is 8.77. The van der Waals surface area contributed by atoms with Crippen LogP contribution in [-0.4, -0.2) is 9.97 Å². The van der Waals surface area contributed by atoms with Crippen LogP contribution in [0, 0.1) is 0 Å². The summed E-state index contributed by atoms with van der Waals surface area (Å²) in [5, 5.41) is 0. The van der Waals surface area contributed by atoms with E-state index in [1.165, 1.54) is 0 Å². The Morgan fingerprint density at radius 2 is 1.75 bits per heavy atom. The van der Waals surface area contributed by atoms with Crippen molar-refractivity contribution in [2.24, 2.45) is 0 Å². The fourth-order valence-corrected chi connectivity index (χ4v) is 1.25. The van der Waals surface area contributed by atoms with Crippen LogP contribution in [0.1, 0.15) is 25.1 Å². The van der Waals surface area contributed by atoms with Crippen LogP contribution in [0.4, 0.5) is 11.8 Å². The van der Waals surface area contributed by atoms with Crippen LogP contribution in [0.2, 0.25) is 0 Å². The standard InChI is InChI=1S/C8H14N4/c1-3-5-6(4-2)11-8(10)12-7(5)9/h3-4H2,1-2H3,(H4,9,10,11,12). The van der Waals surface area contributed by atoms with Gasteiger partial charge in [0.25, 0.3) is 0 Å². The number of hydrogen-bond acceptors (Lipinski definition) is 4. The van der Waals surface area contributed by atoms with E-state index in [9.17, 15) is 0 Å². The average Bonchev–Trinajstić information content (AvgIpc) is 2.03. The molecule has 0 aliphatic carbocycles. The maximum absolute atomic E-state index is 5.68. The molecule has 0 aromatic carbocycles. The predicted octanol–water partition coefficient (Wildman–Crippen LogP) is 0.766. The summed E-state index contributed by atoms with van der Waals surface area (Å²) in [4.78, 5) is 8.01. The van der Waals surface area contributed by atoms with Crippen LogP contribution in [0.3, 0.4) is 0 Å². The quantitative estimate of drug-likeness (QED) is 0.680. The highest BCUT2D eigenvalue weighted by Crippen LogP contribution is 2.15. The largest absolute Gasteiger partial charge is 0.383 e. The second-order valence-electron chi connectivity index (χ2n) is 2.60. The summed E-state index contributed by atoms with van der Waals surface area (Å²) < 4.78 is 0. The second-order valence-corrected chi connectivity index (χ2v) is 2.60. The molecule has 0 radical (unpaired) electrons. The monoisotopic (exact) mass is 166 g/mol. The molecule has 4 heteroatoms. The van der Waals surface area contributed by atoms with Crippen molar-refractivity contribution in [3.63, 3.8) is 0 Å². The van der Waals surface area contributed by atoms with Gasteiger partial charge in [-0.1, -0.05) is 13.8 Å². The number of nitrogen functional groups attached to an aromatic ring is 2. The van der Waals surface area contributed by atoms with Gasteiger partial charge in [0.1, 0.15) is 5.82 Å². The normalized spacial score (nSPS) is 10.2. The van der Waals surface area contributed by atoms with Gasteiger partial charge >= 0.3 is 0 Å². The molecule has 0 atom stereocenters. The van der Waals surface area contributed by atoms with Crippen molar-refractivity contribution in [1.82, 2.24) is 9.97 Å². The number of rotatable bonds is 2. The van der Waals surface area contributed by atoms with Gasteiger partial charge in [-0.15, -0.1) is 0 Å². The lowest BCUT2D eigenvalue weighted by Crippen LogP contribution is -2.07. The number of nitrogens with zero attached hydrogens (tertiary/aromatic N) is 2. The zero-order valence-corrected chi connectivity index (χ0v) is 7.46. The minimum Gasteiger partial charge on any atom is -0.383 e. The molecule has 4 N–H and O–H groups in total. The maximum atomic E-state index is 5.68. The van der Waals surface area contributed by atoms with Crippen molar-refractivity contribution in [2.75, 3.05) is 11.5 Å². The summed E-state index contributed by atoms with van der Waals surface area (Å²) in [5.41, 5.74) is 13.1. The molecule has 66 valence electrons. The van der Waals surface area contributed by atoms with E-state index in [2.05, 4.69) is 9.97 Å². The first-order chi connectivity index (χ1) is 5.69. The third-order valence-electron chi connectivity index (χ3n) is 1.83. The van der Waals surface area contributed by atoms with Gasteiger partial charge in [0, 0.05) is 5.56 Å². The Hall–Kier alpha value is -1.32. The van der Waals surface area contributed by atoms with Crippen molar-refractivity contribution in [3.8, 4) is 0 Å². The minimum atomic E-state index is 0.265. The zero-order chi connectivity index (χ0) is 9.14. The van der Waals surface area contributed by atoms with Crippen LogP contribution in [0.5, 0.6) is 0 Å². The Morgan fingerprint density at radius 1 is 1.08 bits per heavy atom. The van der Waals surface area contributed by atoms with E-state index < -0.39 is 0 Å². The Bertz CT molecular complexity index is 283. The summed E-state index contributed by atoms with van der Waals surface area (Å²) in [6.45, 7) is 4.06. The zero-order valence-electron chi connectivity index (χ0n) is 7.46. The van der Waals surface area contributed by atoms with Crippen LogP contribution in [-0.2, 0) is 12.8 Å². The van der Waals surface area contributed by atoms with Crippen LogP contribution < -0.4 is 11.5 Å². The molecule has 1 rings (SSSR count). The first-order valence-corrected chi connectivity index (χ1v) is 4.09. The molecule has 0 fully saturated rings. The summed E-state index contributed by atoms with van der Waals surface area (Å²) in [5.74, 6) is 0.781. The van der Waals surface area contributed by atoms with E-state index in [-0.39, 0.29) is 5.95 Å². The summed E-state index contributed by atoms with van der Waals surface area (Å²) in [6.07, 6.45) is 1.70. The highest BCUT2D eigenvalue weighted by Gasteiger charge is 2.06. The third-order valence-corrected chi connectivity index (χ3v) is 1.83. The van der Waals surface area contributed by atoms with Crippen molar-refractivity contribution in [3.05, 3.63) is 11.3 Å². The molecule has 0 unspecified atom stereocenters. The lowest BCUT2D eigenvalue weighted by atomic mass is 10.1. The topological polar surface area (TPSA) is 77.8 Å². The van der Waals surface area contributed by atoms with Crippen LogP contribution in [0.25, 0.3) is 0 Å². The molecule has 0 aliphatic rings. The Kier molecular flexibility index (Phi) is 2.47. The summed E-state index contributed by atoms with van der Waals surface area (Å²) >= 11 is 0. The van der Waals surface area contributed by atoms with Gasteiger partial charge in [0.15, 0.2) is 0 Å². The summed E-state index contributed by atoms with van der Waals surface area (Å²) in [6, 6.07) is 0. The van der Waals surface area contributed by atoms with Gasteiger partial charge < -0.3 is 11.5 Å². The Morgan fingerprint density at radius 3 is 2.25 bits per heavy atom. The van der Waals surface area contributed by atoms with Crippen molar-refractivity contribution < 1.29 is 0 Å². The highest BCUT2D eigenvalue weighted by molar-refractivity contribution is 5.45. The first-order valence-electron chi connectivity index (χ1n) is 4.09. The van der Waals surface area contributed by atoms with Gasteiger partial charge in [0.05, 0.1) is 5.69 Å². The van der Waals surface area contributed by atoms with Gasteiger partial charge in [-0.3, -0.25) is 0 Å². The third kappa shape index (κ3) is 1.47. The minimum absolute atomic E-state index is 0.265. The van der Waals surface area contributed by atoms with Gasteiger partial charge in [-0.25, -0.2) is 4.98 Å². The van der Waals surface area contributed by atoms with Gasteiger partial charge in [-0.2, -0.15) is 4.98 Å². The second kappa shape index (κ2) is 3.38. The molecule has 0 aliphatic heterocycles. The molecule has 0 saturated carbocycles. The van der Waals surface area contributed by atoms with Gasteiger partial charge in [0.2, 0.25) is 5.95 Å². The molecule has 0 saturated heterocycles. The molecule has 4 nitrogen and oxygen atoms in total. The number of aryl methyl sites for hydroxylation is 1. The molecule has 0 amide bonds. The Balaban J connectivity index is 3.24. The summed E-state index contributed by atoms with van der Waals surface area (Å²) in [7, 11) is 0. The average molecular weight is 166 g/mol. The number of aromatic nitrogens is 2. The van der Waals surface area contributed by atoms with Crippen molar-refractivity contribution in [2.45, 2.75) is 26.7 Å². The SMILES string of the molecule is CCc1nc(N)nc(N)c1CC. The fourth-order valence-electron chi connectivity index (χ4n) is 1.25. The molecule has 1 aromatic rings. The number of nitrogens with two attached hydrogens (primary N) is 2. The number of hydrogen-bond donors (Lipinski definition) is 2. The fraction of sp³-hybridized carbons (Fsp3) is 0.500. The number of anilines is 2.